The predicted molar refractivity (Wildman–Crippen MR) is 83.0 cm³/mol. The number of hydrogen-bond donors (Lipinski definition) is 2. The first kappa shape index (κ1) is 13.7. The zero-order valence-electron chi connectivity index (χ0n) is 11.8. The molecule has 1 aromatic heterocycles. The van der Waals surface area contributed by atoms with E-state index in [0.29, 0.717) is 11.4 Å². The number of piperidine rings is 1. The highest BCUT2D eigenvalue weighted by molar-refractivity contribution is 5.45. The molecule has 1 fully saturated rings. The Kier molecular flexibility index (Phi) is 3.92. The summed E-state index contributed by atoms with van der Waals surface area (Å²) in [6, 6.07) is 10.6. The minimum absolute atomic E-state index is 0.105. The molecule has 1 aromatic carbocycles. The van der Waals surface area contributed by atoms with Crippen molar-refractivity contribution in [1.29, 1.82) is 0 Å². The molecular weight excluding hydrogens is 266 g/mol. The number of nitrogens with one attached hydrogen (secondary N) is 1. The second-order valence-corrected chi connectivity index (χ2v) is 5.23. The Morgan fingerprint density at radius 3 is 2.52 bits per heavy atom. The van der Waals surface area contributed by atoms with Crippen LogP contribution in [0, 0.1) is 0 Å². The summed E-state index contributed by atoms with van der Waals surface area (Å²) in [5.74, 6) is 0.638. The second-order valence-electron chi connectivity index (χ2n) is 5.23. The molecule has 0 atom stereocenters. The first-order chi connectivity index (χ1) is 10.2. The van der Waals surface area contributed by atoms with Crippen LogP contribution in [-0.4, -0.2) is 23.8 Å². The van der Waals surface area contributed by atoms with Crippen molar-refractivity contribution in [2.45, 2.75) is 18.9 Å². The summed E-state index contributed by atoms with van der Waals surface area (Å²) in [6.07, 6.45) is 3.88. The van der Waals surface area contributed by atoms with Gasteiger partial charge in [0.1, 0.15) is 11.9 Å². The van der Waals surface area contributed by atoms with Gasteiger partial charge in [-0.1, -0.05) is 0 Å². The van der Waals surface area contributed by atoms with E-state index in [2.05, 4.69) is 5.32 Å². The monoisotopic (exact) mass is 285 g/mol. The molecule has 0 radical (unpaired) electrons. The van der Waals surface area contributed by atoms with Crippen molar-refractivity contribution in [3.8, 4) is 11.4 Å². The van der Waals surface area contributed by atoms with E-state index in [0.717, 1.165) is 31.6 Å². The highest BCUT2D eigenvalue weighted by atomic mass is 16.5. The quantitative estimate of drug-likeness (QED) is 0.840. The van der Waals surface area contributed by atoms with Crippen LogP contribution in [0.15, 0.2) is 47.4 Å². The number of hydrogen-bond acceptors (Lipinski definition) is 4. The van der Waals surface area contributed by atoms with E-state index in [4.69, 9.17) is 10.5 Å². The van der Waals surface area contributed by atoms with Gasteiger partial charge in [-0.15, -0.1) is 0 Å². The zero-order valence-corrected chi connectivity index (χ0v) is 11.8. The van der Waals surface area contributed by atoms with Crippen LogP contribution in [0.3, 0.4) is 0 Å². The molecule has 0 bridgehead atoms. The largest absolute Gasteiger partial charge is 0.490 e. The van der Waals surface area contributed by atoms with E-state index in [-0.39, 0.29) is 11.7 Å². The third-order valence-corrected chi connectivity index (χ3v) is 3.65. The smallest absolute Gasteiger partial charge is 0.258 e. The molecule has 5 heteroatoms. The number of benzene rings is 1. The van der Waals surface area contributed by atoms with Gasteiger partial charge < -0.3 is 15.8 Å². The first-order valence-corrected chi connectivity index (χ1v) is 7.18. The van der Waals surface area contributed by atoms with Crippen molar-refractivity contribution >= 4 is 5.69 Å². The Balaban J connectivity index is 1.79. The zero-order chi connectivity index (χ0) is 14.7. The second kappa shape index (κ2) is 6.01. The summed E-state index contributed by atoms with van der Waals surface area (Å²) < 4.78 is 7.45. The maximum Gasteiger partial charge on any atom is 0.258 e. The van der Waals surface area contributed by atoms with Gasteiger partial charge in [-0.25, -0.2) is 0 Å². The van der Waals surface area contributed by atoms with Crippen molar-refractivity contribution in [1.82, 2.24) is 9.88 Å². The van der Waals surface area contributed by atoms with Gasteiger partial charge in [0.25, 0.3) is 5.56 Å². The number of ether oxygens (including phenoxy) is 1. The number of nitrogen functional groups attached to an aromatic ring is 1. The fourth-order valence-electron chi connectivity index (χ4n) is 2.49. The van der Waals surface area contributed by atoms with Crippen LogP contribution in [0.2, 0.25) is 0 Å². The summed E-state index contributed by atoms with van der Waals surface area (Å²) in [6.45, 7) is 1.93. The molecule has 3 N–H and O–H groups in total. The van der Waals surface area contributed by atoms with Crippen LogP contribution in [0.25, 0.3) is 5.69 Å². The Morgan fingerprint density at radius 1 is 1.14 bits per heavy atom. The van der Waals surface area contributed by atoms with E-state index in [1.54, 1.807) is 29.0 Å². The number of pyridine rings is 1. The van der Waals surface area contributed by atoms with Gasteiger partial charge in [-0.2, -0.15) is 0 Å². The molecule has 0 spiro atoms. The fraction of sp³-hybridized carbons (Fsp3) is 0.312. The van der Waals surface area contributed by atoms with Crippen molar-refractivity contribution < 1.29 is 4.74 Å². The lowest BCUT2D eigenvalue weighted by atomic mass is 10.1. The van der Waals surface area contributed by atoms with Gasteiger partial charge in [-0.05, 0) is 56.3 Å². The molecule has 21 heavy (non-hydrogen) atoms. The molecule has 1 saturated heterocycles. The number of anilines is 1. The highest BCUT2D eigenvalue weighted by Crippen LogP contribution is 2.16. The third-order valence-electron chi connectivity index (χ3n) is 3.65. The van der Waals surface area contributed by atoms with Crippen LogP contribution in [-0.2, 0) is 0 Å². The number of rotatable bonds is 3. The van der Waals surface area contributed by atoms with Crippen LogP contribution in [0.5, 0.6) is 5.75 Å². The number of aromatic nitrogens is 1. The van der Waals surface area contributed by atoms with Crippen LogP contribution >= 0.6 is 0 Å². The van der Waals surface area contributed by atoms with E-state index in [1.165, 1.54) is 0 Å². The lowest BCUT2D eigenvalue weighted by Crippen LogP contribution is -2.34. The summed E-state index contributed by atoms with van der Waals surface area (Å²) in [5.41, 5.74) is 7.03. The first-order valence-electron chi connectivity index (χ1n) is 7.18. The molecule has 0 saturated carbocycles. The summed E-state index contributed by atoms with van der Waals surface area (Å²) in [7, 11) is 0. The summed E-state index contributed by atoms with van der Waals surface area (Å²) in [4.78, 5) is 12.2. The van der Waals surface area contributed by atoms with E-state index < -0.39 is 0 Å². The van der Waals surface area contributed by atoms with E-state index >= 15 is 0 Å². The Hall–Kier alpha value is -2.27. The number of nitrogens with two attached hydrogens (primary N) is 1. The lowest BCUT2D eigenvalue weighted by Gasteiger charge is -2.23. The van der Waals surface area contributed by atoms with Gasteiger partial charge in [0.05, 0.1) is 0 Å². The molecule has 5 nitrogen and oxygen atoms in total. The molecule has 0 unspecified atom stereocenters. The van der Waals surface area contributed by atoms with E-state index in [1.807, 2.05) is 18.2 Å². The summed E-state index contributed by atoms with van der Waals surface area (Å²) in [5, 5.41) is 3.29. The minimum atomic E-state index is -0.105. The average Bonchev–Trinajstić information content (AvgIpc) is 2.50. The normalized spacial score (nSPS) is 15.8. The Bertz CT molecular complexity index is 658. The Labute approximate surface area is 123 Å². The third kappa shape index (κ3) is 3.25. The summed E-state index contributed by atoms with van der Waals surface area (Å²) >= 11 is 0. The van der Waals surface area contributed by atoms with Gasteiger partial charge in [0, 0.05) is 23.6 Å². The lowest BCUT2D eigenvalue weighted by molar-refractivity contribution is 0.162. The molecule has 2 heterocycles. The fourth-order valence-corrected chi connectivity index (χ4v) is 2.49. The molecule has 3 rings (SSSR count). The predicted octanol–water partition coefficient (Wildman–Crippen LogP) is 1.55. The maximum absolute atomic E-state index is 12.2. The van der Waals surface area contributed by atoms with Crippen LogP contribution in [0.4, 0.5) is 5.69 Å². The van der Waals surface area contributed by atoms with E-state index in [9.17, 15) is 4.79 Å². The van der Waals surface area contributed by atoms with Crippen molar-refractivity contribution in [3.63, 3.8) is 0 Å². The van der Waals surface area contributed by atoms with Crippen molar-refractivity contribution in [2.75, 3.05) is 18.8 Å². The molecular formula is C16H19N3O2. The maximum atomic E-state index is 12.2. The van der Waals surface area contributed by atoms with Crippen molar-refractivity contribution in [2.24, 2.45) is 0 Å². The van der Waals surface area contributed by atoms with Crippen LogP contribution < -0.4 is 21.3 Å². The topological polar surface area (TPSA) is 69.3 Å². The van der Waals surface area contributed by atoms with Crippen molar-refractivity contribution in [3.05, 3.63) is 52.9 Å². The number of nitrogens with zero attached hydrogens (tertiary/aromatic N) is 1. The molecule has 0 aliphatic carbocycles. The molecule has 0 amide bonds. The van der Waals surface area contributed by atoms with Gasteiger partial charge in [-0.3, -0.25) is 9.36 Å². The molecule has 110 valence electrons. The minimum Gasteiger partial charge on any atom is -0.490 e. The van der Waals surface area contributed by atoms with Crippen LogP contribution in [0.1, 0.15) is 12.8 Å². The average molecular weight is 285 g/mol. The molecule has 2 aromatic rings. The van der Waals surface area contributed by atoms with Gasteiger partial charge in [0.15, 0.2) is 0 Å². The molecule has 1 aliphatic heterocycles. The highest BCUT2D eigenvalue weighted by Gasteiger charge is 2.14. The molecule has 1 aliphatic rings. The Morgan fingerprint density at radius 2 is 1.86 bits per heavy atom. The standard InChI is InChI=1S/C16H19N3O2/c17-12-1-3-13(4-2-12)19-10-7-15(11-16(19)20)21-14-5-8-18-9-6-14/h1-4,7,10-11,14,18H,5-6,8-9,17H2. The van der Waals surface area contributed by atoms with Gasteiger partial charge >= 0.3 is 0 Å². The SMILES string of the molecule is Nc1ccc(-n2ccc(OC3CCNCC3)cc2=O)cc1. The van der Waals surface area contributed by atoms with Gasteiger partial charge in [0.2, 0.25) is 0 Å².